The van der Waals surface area contributed by atoms with Crippen LogP contribution in [-0.4, -0.2) is 47.2 Å². The fourth-order valence-electron chi connectivity index (χ4n) is 5.78. The first-order valence-corrected chi connectivity index (χ1v) is 14.3. The van der Waals surface area contributed by atoms with Crippen molar-refractivity contribution in [1.82, 2.24) is 15.3 Å². The van der Waals surface area contributed by atoms with E-state index in [1.165, 1.54) is 24.6 Å². The summed E-state index contributed by atoms with van der Waals surface area (Å²) in [6.07, 6.45) is 4.09. The number of nitrogens with two attached hydrogens (primary N) is 1. The van der Waals surface area contributed by atoms with Gasteiger partial charge in [-0.3, -0.25) is 9.59 Å². The summed E-state index contributed by atoms with van der Waals surface area (Å²) in [6, 6.07) is 12.8. The lowest BCUT2D eigenvalue weighted by Crippen LogP contribution is -2.41. The molecule has 0 saturated heterocycles. The van der Waals surface area contributed by atoms with Crippen LogP contribution in [0.25, 0.3) is 22.2 Å². The van der Waals surface area contributed by atoms with Crippen LogP contribution in [0.5, 0.6) is 11.5 Å². The number of ether oxygens (including phenoxy) is 2. The fraction of sp³-hybridized carbons (Fsp3) is 0.333. The highest BCUT2D eigenvalue weighted by atomic mass is 19.1. The van der Waals surface area contributed by atoms with E-state index in [4.69, 9.17) is 20.2 Å². The Morgan fingerprint density at radius 2 is 1.88 bits per heavy atom. The zero-order valence-corrected chi connectivity index (χ0v) is 24.3. The van der Waals surface area contributed by atoms with E-state index in [-0.39, 0.29) is 18.8 Å². The Hall–Kier alpha value is -4.57. The quantitative estimate of drug-likeness (QED) is 0.298. The van der Waals surface area contributed by atoms with E-state index < -0.39 is 28.6 Å². The number of nitrogens with one attached hydrogen (secondary N) is 1. The molecule has 1 aliphatic carbocycles. The summed E-state index contributed by atoms with van der Waals surface area (Å²) in [5.41, 5.74) is 7.78. The van der Waals surface area contributed by atoms with Gasteiger partial charge in [0, 0.05) is 27.8 Å². The van der Waals surface area contributed by atoms with Gasteiger partial charge in [0.05, 0.1) is 19.3 Å². The zero-order chi connectivity index (χ0) is 30.5. The van der Waals surface area contributed by atoms with Crippen molar-refractivity contribution in [2.75, 3.05) is 20.3 Å². The first-order chi connectivity index (χ1) is 20.5. The molecule has 0 bridgehead atoms. The van der Waals surface area contributed by atoms with Crippen molar-refractivity contribution in [2.24, 2.45) is 5.73 Å². The van der Waals surface area contributed by atoms with Crippen molar-refractivity contribution >= 4 is 22.7 Å². The van der Waals surface area contributed by atoms with E-state index in [1.807, 2.05) is 0 Å². The number of fused-ring (bicyclic) bond motifs is 3. The number of hydrogen-bond acceptors (Lipinski definition) is 7. The third-order valence-electron chi connectivity index (χ3n) is 8.52. The second-order valence-corrected chi connectivity index (χ2v) is 11.7. The summed E-state index contributed by atoms with van der Waals surface area (Å²) in [5.74, 6) is -0.589. The van der Waals surface area contributed by atoms with Crippen LogP contribution in [0.15, 0.2) is 48.5 Å². The molecule has 4 N–H and O–H groups in total. The molecule has 0 unspecified atom stereocenters. The summed E-state index contributed by atoms with van der Waals surface area (Å²) in [5, 5.41) is 15.2. The standard InChI is InChI=1S/C33H33FN4O5/c1-32(31(35)40)17-43-29-23(32)15-26(38-28(29)18-8-10-22(34)11-9-18)33(2,41)16-36-30(39)21-13-20-12-19-6-4-5-7-24(19)37-27(20)25(14-21)42-3/h8-15,41H,4-7,16-17H2,1-3H3,(H2,35,40)(H,36,39)/t32-,33-/m0/s1. The van der Waals surface area contributed by atoms with Crippen LogP contribution in [-0.2, 0) is 28.7 Å². The number of carbonyl (C=O) groups is 2. The van der Waals surface area contributed by atoms with Crippen LogP contribution >= 0.6 is 0 Å². The number of aromatic nitrogens is 2. The number of rotatable bonds is 7. The largest absolute Gasteiger partial charge is 0.494 e. The van der Waals surface area contributed by atoms with Crippen molar-refractivity contribution in [3.8, 4) is 22.8 Å². The topological polar surface area (TPSA) is 137 Å². The van der Waals surface area contributed by atoms with Crippen molar-refractivity contribution < 1.29 is 28.6 Å². The molecule has 0 spiro atoms. The summed E-state index contributed by atoms with van der Waals surface area (Å²) >= 11 is 0. The Kier molecular flexibility index (Phi) is 7.04. The molecule has 9 nitrogen and oxygen atoms in total. The van der Waals surface area contributed by atoms with Crippen molar-refractivity contribution in [1.29, 1.82) is 0 Å². The maximum Gasteiger partial charge on any atom is 0.251 e. The maximum absolute atomic E-state index is 13.7. The Bertz CT molecular complexity index is 1770. The van der Waals surface area contributed by atoms with Gasteiger partial charge in [-0.15, -0.1) is 0 Å². The third kappa shape index (κ3) is 5.05. The fourth-order valence-corrected chi connectivity index (χ4v) is 5.78. The highest BCUT2D eigenvalue weighted by Gasteiger charge is 2.45. The van der Waals surface area contributed by atoms with E-state index in [0.29, 0.717) is 39.4 Å². The predicted molar refractivity (Wildman–Crippen MR) is 159 cm³/mol. The molecule has 2 aromatic heterocycles. The molecule has 4 aromatic rings. The normalized spacial score (nSPS) is 18.7. The molecule has 2 atom stereocenters. The van der Waals surface area contributed by atoms with Crippen LogP contribution in [0.3, 0.4) is 0 Å². The van der Waals surface area contributed by atoms with Gasteiger partial charge in [-0.05, 0) is 93.6 Å². The van der Waals surface area contributed by atoms with Gasteiger partial charge in [0.25, 0.3) is 5.91 Å². The minimum Gasteiger partial charge on any atom is -0.494 e. The van der Waals surface area contributed by atoms with E-state index in [9.17, 15) is 19.1 Å². The Morgan fingerprint density at radius 3 is 2.60 bits per heavy atom. The van der Waals surface area contributed by atoms with Crippen LogP contribution in [0.4, 0.5) is 4.39 Å². The number of primary amides is 1. The van der Waals surface area contributed by atoms with Crippen LogP contribution < -0.4 is 20.5 Å². The van der Waals surface area contributed by atoms with Crippen molar-refractivity contribution in [3.05, 3.63) is 82.4 Å². The average molecular weight is 585 g/mol. The highest BCUT2D eigenvalue weighted by molar-refractivity contribution is 6.00. The molecule has 0 saturated carbocycles. The first-order valence-electron chi connectivity index (χ1n) is 14.3. The molecule has 222 valence electrons. The van der Waals surface area contributed by atoms with Crippen molar-refractivity contribution in [2.45, 2.75) is 50.5 Å². The smallest absolute Gasteiger partial charge is 0.251 e. The molecule has 3 heterocycles. The number of pyridine rings is 2. The van der Waals surface area contributed by atoms with Gasteiger partial charge < -0.3 is 25.6 Å². The van der Waals surface area contributed by atoms with Gasteiger partial charge in [-0.25, -0.2) is 14.4 Å². The minimum absolute atomic E-state index is 0.00225. The summed E-state index contributed by atoms with van der Waals surface area (Å²) in [6.45, 7) is 2.98. The number of benzene rings is 2. The second-order valence-electron chi connectivity index (χ2n) is 11.7. The van der Waals surface area contributed by atoms with Gasteiger partial charge in [-0.1, -0.05) is 0 Å². The summed E-state index contributed by atoms with van der Waals surface area (Å²) in [7, 11) is 1.55. The van der Waals surface area contributed by atoms with Crippen LogP contribution in [0.1, 0.15) is 59.6 Å². The first kappa shape index (κ1) is 28.5. The van der Waals surface area contributed by atoms with Crippen LogP contribution in [0.2, 0.25) is 0 Å². The van der Waals surface area contributed by atoms with Crippen molar-refractivity contribution in [3.63, 3.8) is 0 Å². The predicted octanol–water partition coefficient (Wildman–Crippen LogP) is 4.10. The van der Waals surface area contributed by atoms with E-state index in [0.717, 1.165) is 36.8 Å². The number of halogens is 1. The number of amides is 2. The summed E-state index contributed by atoms with van der Waals surface area (Å²) < 4.78 is 25.2. The third-order valence-corrected chi connectivity index (χ3v) is 8.52. The highest BCUT2D eigenvalue weighted by Crippen LogP contribution is 2.45. The lowest BCUT2D eigenvalue weighted by Gasteiger charge is -2.26. The number of aliphatic hydroxyl groups is 1. The zero-order valence-electron chi connectivity index (χ0n) is 24.3. The Morgan fingerprint density at radius 1 is 1.14 bits per heavy atom. The lowest BCUT2D eigenvalue weighted by atomic mass is 9.82. The Balaban J connectivity index is 1.32. The molecule has 2 aromatic carbocycles. The molecule has 6 rings (SSSR count). The van der Waals surface area contributed by atoms with Gasteiger partial charge in [0.1, 0.15) is 46.1 Å². The number of aryl methyl sites for hydroxylation is 2. The maximum atomic E-state index is 13.7. The minimum atomic E-state index is -1.66. The SMILES string of the molecule is COc1cc(C(=O)NC[C@](C)(O)c2cc3c(c(-c4ccc(F)cc4)n2)OC[C@]3(C)C(N)=O)cc2cc3c(nc12)CCCC3. The number of hydrogen-bond donors (Lipinski definition) is 3. The van der Waals surface area contributed by atoms with E-state index in [2.05, 4.69) is 16.4 Å². The monoisotopic (exact) mass is 584 g/mol. The molecule has 43 heavy (non-hydrogen) atoms. The van der Waals surface area contributed by atoms with Gasteiger partial charge >= 0.3 is 0 Å². The number of nitrogens with zero attached hydrogens (tertiary/aromatic N) is 2. The molecule has 0 radical (unpaired) electrons. The second kappa shape index (κ2) is 10.6. The molecule has 2 amide bonds. The van der Waals surface area contributed by atoms with Gasteiger partial charge in [-0.2, -0.15) is 0 Å². The molecular weight excluding hydrogens is 551 g/mol. The Labute approximate surface area is 248 Å². The molecule has 10 heteroatoms. The average Bonchev–Trinajstić information content (AvgIpc) is 3.36. The van der Waals surface area contributed by atoms with E-state index >= 15 is 0 Å². The van der Waals surface area contributed by atoms with Crippen LogP contribution in [0, 0.1) is 5.82 Å². The lowest BCUT2D eigenvalue weighted by molar-refractivity contribution is -0.123. The van der Waals surface area contributed by atoms with E-state index in [1.54, 1.807) is 44.4 Å². The van der Waals surface area contributed by atoms with Gasteiger partial charge in [0.15, 0.2) is 0 Å². The molecule has 2 aliphatic rings. The molecule has 1 aliphatic heterocycles. The molecule has 0 fully saturated rings. The number of carbonyl (C=O) groups excluding carboxylic acids is 2. The van der Waals surface area contributed by atoms with Gasteiger partial charge in [0.2, 0.25) is 5.91 Å². The summed E-state index contributed by atoms with van der Waals surface area (Å²) in [4.78, 5) is 35.4. The molecular formula is C33H33FN4O5. The number of methoxy groups -OCH3 is 1.